The third-order valence-corrected chi connectivity index (χ3v) is 21.3. The average molecular weight is 521 g/mol. The van der Waals surface area contributed by atoms with Gasteiger partial charge in [-0.3, -0.25) is 0 Å². The maximum Gasteiger partial charge on any atom is 0.452 e. The Kier molecular flexibility index (Phi) is 12.9. The van der Waals surface area contributed by atoms with Crippen molar-refractivity contribution in [3.8, 4) is 0 Å². The fourth-order valence-corrected chi connectivity index (χ4v) is 18.0. The summed E-state index contributed by atoms with van der Waals surface area (Å²) in [6, 6.07) is 0. The number of hydrogen-bond acceptors (Lipinski definition) is 7. The third kappa shape index (κ3) is 18.0. The molecule has 1 saturated heterocycles. The van der Waals surface area contributed by atoms with E-state index in [0.29, 0.717) is 0 Å². The highest BCUT2D eigenvalue weighted by Gasteiger charge is 2.33. The van der Waals surface area contributed by atoms with E-state index < -0.39 is 62.3 Å². The van der Waals surface area contributed by atoms with Gasteiger partial charge in [0.1, 0.15) is 6.29 Å². The lowest BCUT2D eigenvalue weighted by Gasteiger charge is -2.33. The van der Waals surface area contributed by atoms with Gasteiger partial charge < -0.3 is 29.4 Å². The monoisotopic (exact) mass is 520 g/mol. The zero-order valence-electron chi connectivity index (χ0n) is 20.2. The predicted molar refractivity (Wildman–Crippen MR) is 133 cm³/mol. The van der Waals surface area contributed by atoms with E-state index in [-0.39, 0.29) is 6.29 Å². The molecule has 170 valence electrons. The van der Waals surface area contributed by atoms with Crippen LogP contribution in [0.1, 0.15) is 6.92 Å². The Morgan fingerprint density at radius 3 is 1.14 bits per heavy atom. The van der Waals surface area contributed by atoms with Crippen molar-refractivity contribution in [3.05, 3.63) is 0 Å². The molecule has 0 N–H and O–H groups in total. The molecule has 1 aliphatic rings. The van der Waals surface area contributed by atoms with Gasteiger partial charge in [0.15, 0.2) is 25.0 Å². The van der Waals surface area contributed by atoms with Crippen molar-refractivity contribution < 1.29 is 29.4 Å². The highest BCUT2D eigenvalue weighted by molar-refractivity contribution is 6.83. The van der Waals surface area contributed by atoms with E-state index in [4.69, 9.17) is 29.4 Å². The first-order valence-corrected chi connectivity index (χ1v) is 27.9. The first-order chi connectivity index (χ1) is 12.4. The van der Waals surface area contributed by atoms with Crippen LogP contribution >= 0.6 is 0 Å². The SMILES string of the molecule is CC1O[SiH](C)O[SiH](C)O[SiH](C)O1.C[Si](C)(C)O[SiH](O[Si](C)(C)C)O[Si](C)(C)C. The molecule has 0 aromatic rings. The molecule has 0 aromatic heterocycles. The molecule has 0 saturated carbocycles. The van der Waals surface area contributed by atoms with Crippen LogP contribution in [0.15, 0.2) is 0 Å². The van der Waals surface area contributed by atoms with Gasteiger partial charge in [0.05, 0.1) is 0 Å². The Balaban J connectivity index is 0.000000540. The van der Waals surface area contributed by atoms with Crippen LogP contribution < -0.4 is 0 Å². The van der Waals surface area contributed by atoms with E-state index in [2.05, 4.69) is 58.9 Å². The van der Waals surface area contributed by atoms with Crippen LogP contribution in [0, 0.1) is 0 Å². The molecule has 0 bridgehead atoms. The molecular weight excluding hydrogens is 477 g/mol. The second-order valence-electron chi connectivity index (χ2n) is 9.79. The van der Waals surface area contributed by atoms with Crippen LogP contribution in [0.4, 0.5) is 0 Å². The topological polar surface area (TPSA) is 64.6 Å². The van der Waals surface area contributed by atoms with Crippen molar-refractivity contribution in [3.63, 3.8) is 0 Å². The number of hydrogen-bond donors (Lipinski definition) is 0. The smallest absolute Gasteiger partial charge is 0.420 e. The highest BCUT2D eigenvalue weighted by atomic mass is 28.5. The van der Waals surface area contributed by atoms with Gasteiger partial charge in [-0.15, -0.1) is 0 Å². The lowest BCUT2D eigenvalue weighted by atomic mass is 10.8. The summed E-state index contributed by atoms with van der Waals surface area (Å²) in [6.07, 6.45) is -0.144. The van der Waals surface area contributed by atoms with Gasteiger partial charge in [-0.2, -0.15) is 0 Å². The molecule has 0 aromatic carbocycles. The van der Waals surface area contributed by atoms with Crippen molar-refractivity contribution in [2.45, 2.75) is 91.8 Å². The van der Waals surface area contributed by atoms with Gasteiger partial charge in [-0.1, -0.05) is 0 Å². The van der Waals surface area contributed by atoms with Gasteiger partial charge in [0, 0.05) is 0 Å². The van der Waals surface area contributed by atoms with Crippen LogP contribution in [0.25, 0.3) is 0 Å². The van der Waals surface area contributed by atoms with Gasteiger partial charge >= 0.3 is 28.1 Å². The number of rotatable bonds is 6. The third-order valence-electron chi connectivity index (χ3n) is 2.88. The molecule has 28 heavy (non-hydrogen) atoms. The quantitative estimate of drug-likeness (QED) is 0.498. The Labute approximate surface area is 183 Å². The van der Waals surface area contributed by atoms with Gasteiger partial charge in [-0.05, 0) is 85.5 Å². The molecule has 1 heterocycles. The summed E-state index contributed by atoms with van der Waals surface area (Å²) < 4.78 is 40.5. The lowest BCUT2D eigenvalue weighted by Crippen LogP contribution is -2.49. The van der Waals surface area contributed by atoms with E-state index in [1.807, 2.05) is 26.6 Å². The van der Waals surface area contributed by atoms with Crippen molar-refractivity contribution in [1.29, 1.82) is 0 Å². The normalized spacial score (nSPS) is 27.6. The van der Waals surface area contributed by atoms with E-state index >= 15 is 0 Å². The highest BCUT2D eigenvalue weighted by Crippen LogP contribution is 2.16. The molecule has 7 nitrogen and oxygen atoms in total. The molecule has 1 aliphatic heterocycles. The second kappa shape index (κ2) is 12.3. The average Bonchev–Trinajstić information content (AvgIpc) is 2.29. The molecule has 0 spiro atoms. The van der Waals surface area contributed by atoms with Crippen LogP contribution in [-0.4, -0.2) is 68.6 Å². The van der Waals surface area contributed by atoms with Crippen LogP contribution in [0.3, 0.4) is 0 Å². The summed E-state index contributed by atoms with van der Waals surface area (Å²) in [5.74, 6) is 0. The Morgan fingerprint density at radius 2 is 0.893 bits per heavy atom. The van der Waals surface area contributed by atoms with Gasteiger partial charge in [0.2, 0.25) is 0 Å². The maximum atomic E-state index is 6.09. The lowest BCUT2D eigenvalue weighted by molar-refractivity contribution is -0.0131. The molecule has 0 amide bonds. The van der Waals surface area contributed by atoms with E-state index in [1.165, 1.54) is 0 Å². The fourth-order valence-electron chi connectivity index (χ4n) is 2.15. The Bertz CT molecular complexity index is 361. The summed E-state index contributed by atoms with van der Waals surface area (Å²) in [7, 11) is -11.0. The van der Waals surface area contributed by atoms with Crippen LogP contribution in [0.5, 0.6) is 0 Å². The van der Waals surface area contributed by atoms with Gasteiger partial charge in [-0.25, -0.2) is 0 Å². The Hall–Kier alpha value is 1.24. The van der Waals surface area contributed by atoms with Crippen molar-refractivity contribution >= 4 is 62.3 Å². The van der Waals surface area contributed by atoms with Crippen LogP contribution in [0.2, 0.25) is 78.6 Å². The minimum Gasteiger partial charge on any atom is -0.420 e. The minimum absolute atomic E-state index is 0.144. The molecular formula is C14H44O7Si7. The summed E-state index contributed by atoms with van der Waals surface area (Å²) in [4.78, 5) is 0. The summed E-state index contributed by atoms with van der Waals surface area (Å²) in [5.41, 5.74) is 0. The summed E-state index contributed by atoms with van der Waals surface area (Å²) in [5, 5.41) is 0. The van der Waals surface area contributed by atoms with Gasteiger partial charge in [0.25, 0.3) is 9.28 Å². The van der Waals surface area contributed by atoms with E-state index in [9.17, 15) is 0 Å². The van der Waals surface area contributed by atoms with Crippen molar-refractivity contribution in [2.75, 3.05) is 0 Å². The first-order valence-electron chi connectivity index (χ1n) is 10.0. The largest absolute Gasteiger partial charge is 0.452 e. The van der Waals surface area contributed by atoms with Crippen molar-refractivity contribution in [2.24, 2.45) is 0 Å². The minimum atomic E-state index is -1.92. The molecule has 14 heteroatoms. The Morgan fingerprint density at radius 1 is 0.607 bits per heavy atom. The second-order valence-corrected chi connectivity index (χ2v) is 32.0. The first kappa shape index (κ1) is 29.2. The molecule has 2 unspecified atom stereocenters. The van der Waals surface area contributed by atoms with E-state index in [0.717, 1.165) is 0 Å². The zero-order chi connectivity index (χ0) is 22.3. The summed E-state index contributed by atoms with van der Waals surface area (Å²) >= 11 is 0. The molecule has 0 radical (unpaired) electrons. The summed E-state index contributed by atoms with van der Waals surface area (Å²) in [6.45, 7) is 27.6. The molecule has 1 rings (SSSR count). The van der Waals surface area contributed by atoms with Crippen LogP contribution in [-0.2, 0) is 29.4 Å². The molecule has 1 fully saturated rings. The maximum absolute atomic E-state index is 6.09. The zero-order valence-corrected chi connectivity index (χ0v) is 27.9. The fraction of sp³-hybridized carbons (Fsp3) is 1.00. The van der Waals surface area contributed by atoms with Crippen molar-refractivity contribution in [1.82, 2.24) is 0 Å². The van der Waals surface area contributed by atoms with E-state index in [1.54, 1.807) is 0 Å². The standard InChI is InChI=1S/C9H28O3Si4.C5H16O4Si3/c1-14(2,3)10-13(11-15(4,5)6)12-16(7,8)9;1-5-6-10(2)8-12(4)9-11(3)7-5/h13H,1-9H3;5,10-12H,1-4H3. The predicted octanol–water partition coefficient (Wildman–Crippen LogP) is 3.22. The molecule has 0 aliphatic carbocycles. The molecule has 2 atom stereocenters.